The maximum absolute atomic E-state index is 12.4. The summed E-state index contributed by atoms with van der Waals surface area (Å²) in [7, 11) is 0. The SMILES string of the molecule is CCC(CC)C(=O)CCC(C(=O)O)N1CCN(CC(=O)O)CCN(CC(=O)O)CC1. The lowest BCUT2D eigenvalue weighted by molar-refractivity contribution is -0.145. The lowest BCUT2D eigenvalue weighted by Gasteiger charge is -2.30. The highest BCUT2D eigenvalue weighted by atomic mass is 16.4. The average molecular weight is 430 g/mol. The molecular formula is C20H35N3O7. The summed E-state index contributed by atoms with van der Waals surface area (Å²) < 4.78 is 0. The van der Waals surface area contributed by atoms with Crippen molar-refractivity contribution in [1.29, 1.82) is 0 Å². The molecular weight excluding hydrogens is 394 g/mol. The number of aliphatic carboxylic acids is 3. The summed E-state index contributed by atoms with van der Waals surface area (Å²) in [5.41, 5.74) is 0. The molecule has 0 aromatic rings. The zero-order valence-electron chi connectivity index (χ0n) is 18.0. The molecule has 0 radical (unpaired) electrons. The number of carboxylic acids is 3. The summed E-state index contributed by atoms with van der Waals surface area (Å²) in [4.78, 5) is 51.7. The third-order valence-electron chi connectivity index (χ3n) is 5.69. The Morgan fingerprint density at radius 2 is 1.20 bits per heavy atom. The molecule has 0 bridgehead atoms. The number of carboxylic acid groups (broad SMARTS) is 3. The van der Waals surface area contributed by atoms with Crippen molar-refractivity contribution in [2.24, 2.45) is 5.92 Å². The second kappa shape index (κ2) is 13.3. The van der Waals surface area contributed by atoms with Gasteiger partial charge in [0.1, 0.15) is 11.8 Å². The summed E-state index contributed by atoms with van der Waals surface area (Å²) in [6, 6.07) is -0.875. The molecule has 1 atom stereocenters. The van der Waals surface area contributed by atoms with Crippen molar-refractivity contribution in [2.75, 3.05) is 52.4 Å². The first kappa shape index (κ1) is 26.0. The molecule has 172 valence electrons. The van der Waals surface area contributed by atoms with E-state index in [4.69, 9.17) is 10.2 Å². The van der Waals surface area contributed by atoms with E-state index in [1.807, 2.05) is 13.8 Å². The quantitative estimate of drug-likeness (QED) is 0.397. The molecule has 0 aliphatic carbocycles. The first-order valence-corrected chi connectivity index (χ1v) is 10.6. The molecule has 1 rings (SSSR count). The fourth-order valence-electron chi connectivity index (χ4n) is 3.86. The molecule has 10 heteroatoms. The Bertz CT molecular complexity index is 567. The average Bonchev–Trinajstić information content (AvgIpc) is 2.74. The highest BCUT2D eigenvalue weighted by molar-refractivity contribution is 5.82. The Kier molecular flexibility index (Phi) is 11.5. The molecule has 0 amide bonds. The van der Waals surface area contributed by atoms with Crippen LogP contribution >= 0.6 is 0 Å². The Hall–Kier alpha value is -2.04. The van der Waals surface area contributed by atoms with Crippen molar-refractivity contribution in [3.8, 4) is 0 Å². The van der Waals surface area contributed by atoms with E-state index in [9.17, 15) is 24.3 Å². The Labute approximate surface area is 177 Å². The monoisotopic (exact) mass is 429 g/mol. The molecule has 10 nitrogen and oxygen atoms in total. The van der Waals surface area contributed by atoms with Crippen LogP contribution in [0.3, 0.4) is 0 Å². The first-order chi connectivity index (χ1) is 14.2. The first-order valence-electron chi connectivity index (χ1n) is 10.6. The Morgan fingerprint density at radius 1 is 0.767 bits per heavy atom. The van der Waals surface area contributed by atoms with Gasteiger partial charge < -0.3 is 15.3 Å². The van der Waals surface area contributed by atoms with Crippen LogP contribution in [0.15, 0.2) is 0 Å². The van der Waals surface area contributed by atoms with Crippen LogP contribution in [0.2, 0.25) is 0 Å². The third-order valence-corrected chi connectivity index (χ3v) is 5.69. The van der Waals surface area contributed by atoms with Crippen LogP contribution in [-0.2, 0) is 19.2 Å². The van der Waals surface area contributed by atoms with Crippen LogP contribution in [0.1, 0.15) is 39.5 Å². The maximum Gasteiger partial charge on any atom is 0.320 e. The predicted molar refractivity (Wildman–Crippen MR) is 109 cm³/mol. The molecule has 0 aromatic heterocycles. The van der Waals surface area contributed by atoms with Gasteiger partial charge in [-0.05, 0) is 19.3 Å². The van der Waals surface area contributed by atoms with Crippen molar-refractivity contribution >= 4 is 23.7 Å². The van der Waals surface area contributed by atoms with E-state index in [0.717, 1.165) is 12.8 Å². The molecule has 1 heterocycles. The van der Waals surface area contributed by atoms with E-state index >= 15 is 0 Å². The lowest BCUT2D eigenvalue weighted by atomic mass is 9.93. The van der Waals surface area contributed by atoms with Gasteiger partial charge in [0.25, 0.3) is 0 Å². The van der Waals surface area contributed by atoms with E-state index < -0.39 is 23.9 Å². The second-order valence-corrected chi connectivity index (χ2v) is 7.75. The van der Waals surface area contributed by atoms with E-state index in [2.05, 4.69) is 0 Å². The molecule has 1 fully saturated rings. The smallest absolute Gasteiger partial charge is 0.320 e. The van der Waals surface area contributed by atoms with Crippen LogP contribution < -0.4 is 0 Å². The molecule has 30 heavy (non-hydrogen) atoms. The van der Waals surface area contributed by atoms with Gasteiger partial charge in [-0.2, -0.15) is 0 Å². The van der Waals surface area contributed by atoms with Crippen molar-refractivity contribution in [1.82, 2.24) is 14.7 Å². The maximum atomic E-state index is 12.4. The number of carbonyl (C=O) groups excluding carboxylic acids is 1. The molecule has 1 aliphatic rings. The number of carbonyl (C=O) groups is 4. The predicted octanol–water partition coefficient (Wildman–Crippen LogP) is 0.314. The van der Waals surface area contributed by atoms with E-state index in [1.165, 1.54) is 0 Å². The number of rotatable bonds is 12. The van der Waals surface area contributed by atoms with Crippen molar-refractivity contribution in [3.63, 3.8) is 0 Å². The summed E-state index contributed by atoms with van der Waals surface area (Å²) in [6.07, 6.45) is 1.82. The van der Waals surface area contributed by atoms with Crippen LogP contribution in [0, 0.1) is 5.92 Å². The standard InChI is InChI=1S/C20H35N3O7/c1-3-15(4-2)17(24)6-5-16(20(29)30)23-11-9-21(13-18(25)26)7-8-22(10-12-23)14-19(27)28/h15-16H,3-14H2,1-2H3,(H,25,26)(H,27,28)(H,29,30). The summed E-state index contributed by atoms with van der Waals surface area (Å²) in [5.74, 6) is -3.00. The van der Waals surface area contributed by atoms with Gasteiger partial charge in [0, 0.05) is 51.6 Å². The number of ketones is 1. The molecule has 3 N–H and O–H groups in total. The minimum absolute atomic E-state index is 0.0629. The van der Waals surface area contributed by atoms with Crippen LogP contribution in [0.5, 0.6) is 0 Å². The van der Waals surface area contributed by atoms with Crippen LogP contribution in [0.4, 0.5) is 0 Å². The normalized spacial score (nSPS) is 18.4. The molecule has 1 aliphatic heterocycles. The Balaban J connectivity index is 2.91. The van der Waals surface area contributed by atoms with Gasteiger partial charge in [-0.15, -0.1) is 0 Å². The summed E-state index contributed by atoms with van der Waals surface area (Å²) in [6.45, 7) is 5.66. The van der Waals surface area contributed by atoms with Gasteiger partial charge in [0.15, 0.2) is 0 Å². The minimum Gasteiger partial charge on any atom is -0.480 e. The zero-order chi connectivity index (χ0) is 22.7. The zero-order valence-corrected chi connectivity index (χ0v) is 18.0. The largest absolute Gasteiger partial charge is 0.480 e. The Morgan fingerprint density at radius 3 is 1.57 bits per heavy atom. The fraction of sp³-hybridized carbons (Fsp3) is 0.800. The highest BCUT2D eigenvalue weighted by Crippen LogP contribution is 2.16. The van der Waals surface area contributed by atoms with Gasteiger partial charge in [0.2, 0.25) is 0 Å². The minimum atomic E-state index is -1.03. The summed E-state index contributed by atoms with van der Waals surface area (Å²) in [5, 5.41) is 28.0. The number of hydrogen-bond donors (Lipinski definition) is 3. The van der Waals surface area contributed by atoms with Gasteiger partial charge in [0.05, 0.1) is 13.1 Å². The van der Waals surface area contributed by atoms with Crippen LogP contribution in [0.25, 0.3) is 0 Å². The van der Waals surface area contributed by atoms with Gasteiger partial charge >= 0.3 is 17.9 Å². The molecule has 1 unspecified atom stereocenters. The number of nitrogens with zero attached hydrogens (tertiary/aromatic N) is 3. The fourth-order valence-corrected chi connectivity index (χ4v) is 3.86. The van der Waals surface area contributed by atoms with Gasteiger partial charge in [-0.1, -0.05) is 13.8 Å². The lowest BCUT2D eigenvalue weighted by Crippen LogP contribution is -2.47. The molecule has 0 spiro atoms. The van der Waals surface area contributed by atoms with E-state index in [0.29, 0.717) is 39.3 Å². The van der Waals surface area contributed by atoms with Crippen molar-refractivity contribution in [3.05, 3.63) is 0 Å². The second-order valence-electron chi connectivity index (χ2n) is 7.75. The topological polar surface area (TPSA) is 139 Å². The van der Waals surface area contributed by atoms with Gasteiger partial charge in [-0.25, -0.2) is 0 Å². The van der Waals surface area contributed by atoms with Crippen molar-refractivity contribution in [2.45, 2.75) is 45.6 Å². The van der Waals surface area contributed by atoms with Crippen molar-refractivity contribution < 1.29 is 34.5 Å². The third kappa shape index (κ3) is 9.19. The number of hydrogen-bond acceptors (Lipinski definition) is 7. The molecule has 0 saturated carbocycles. The molecule has 0 aromatic carbocycles. The summed E-state index contributed by atoms with van der Waals surface area (Å²) >= 11 is 0. The number of Topliss-reactive ketones (excluding diaryl/α,β-unsaturated/α-hetero) is 1. The molecule has 1 saturated heterocycles. The van der Waals surface area contributed by atoms with E-state index in [-0.39, 0.29) is 37.6 Å². The van der Waals surface area contributed by atoms with E-state index in [1.54, 1.807) is 14.7 Å². The van der Waals surface area contributed by atoms with Gasteiger partial charge in [-0.3, -0.25) is 33.9 Å². The van der Waals surface area contributed by atoms with Crippen LogP contribution in [-0.4, -0.2) is 112 Å². The highest BCUT2D eigenvalue weighted by Gasteiger charge is 2.29.